The first-order valence-corrected chi connectivity index (χ1v) is 4.95. The predicted molar refractivity (Wildman–Crippen MR) is 58.7 cm³/mol. The van der Waals surface area contributed by atoms with Crippen molar-refractivity contribution in [2.45, 2.75) is 20.0 Å². The second-order valence-corrected chi connectivity index (χ2v) is 3.99. The molecule has 1 amide bonds. The fourth-order valence-electron chi connectivity index (χ4n) is 1.60. The van der Waals surface area contributed by atoms with Gasteiger partial charge >= 0.3 is 0 Å². The molecule has 0 aromatic heterocycles. The minimum absolute atomic E-state index is 0.129. The zero-order valence-corrected chi connectivity index (χ0v) is 8.78. The van der Waals surface area contributed by atoms with E-state index in [4.69, 9.17) is 10.5 Å². The lowest BCUT2D eigenvalue weighted by Gasteiger charge is -2.28. The summed E-state index contributed by atoms with van der Waals surface area (Å²) < 4.78 is 5.59. The number of fused-ring (bicyclic) bond motifs is 1. The van der Waals surface area contributed by atoms with Gasteiger partial charge in [-0.1, -0.05) is 19.9 Å². The molecule has 1 unspecified atom stereocenters. The van der Waals surface area contributed by atoms with E-state index in [1.165, 1.54) is 0 Å². The summed E-state index contributed by atoms with van der Waals surface area (Å²) in [7, 11) is 0. The van der Waals surface area contributed by atoms with Crippen LogP contribution in [0.4, 0.5) is 11.4 Å². The third kappa shape index (κ3) is 1.63. The molecule has 0 aliphatic carbocycles. The Balaban J connectivity index is 2.38. The van der Waals surface area contributed by atoms with Crippen molar-refractivity contribution in [3.8, 4) is 5.75 Å². The number of benzene rings is 1. The lowest BCUT2D eigenvalue weighted by Crippen LogP contribution is -2.40. The van der Waals surface area contributed by atoms with Crippen LogP contribution in [0.15, 0.2) is 18.2 Å². The molecule has 1 heterocycles. The van der Waals surface area contributed by atoms with Crippen molar-refractivity contribution in [1.82, 2.24) is 0 Å². The van der Waals surface area contributed by atoms with Crippen LogP contribution in [-0.4, -0.2) is 12.0 Å². The summed E-state index contributed by atoms with van der Waals surface area (Å²) in [5, 5.41) is 2.77. The van der Waals surface area contributed by atoms with E-state index in [1.807, 2.05) is 19.9 Å². The summed E-state index contributed by atoms with van der Waals surface area (Å²) in [6, 6.07) is 5.35. The molecule has 80 valence electrons. The molecule has 1 aromatic carbocycles. The van der Waals surface area contributed by atoms with Crippen molar-refractivity contribution in [3.05, 3.63) is 18.2 Å². The van der Waals surface area contributed by atoms with Gasteiger partial charge in [0.2, 0.25) is 0 Å². The summed E-state index contributed by atoms with van der Waals surface area (Å²) >= 11 is 0. The van der Waals surface area contributed by atoms with Crippen molar-refractivity contribution in [2.24, 2.45) is 5.92 Å². The topological polar surface area (TPSA) is 64.3 Å². The third-order valence-electron chi connectivity index (χ3n) is 2.42. The third-order valence-corrected chi connectivity index (χ3v) is 2.42. The van der Waals surface area contributed by atoms with E-state index < -0.39 is 6.10 Å². The first kappa shape index (κ1) is 9.83. The van der Waals surface area contributed by atoms with Crippen LogP contribution in [0.5, 0.6) is 5.75 Å². The zero-order valence-electron chi connectivity index (χ0n) is 8.78. The maximum Gasteiger partial charge on any atom is 0.265 e. The lowest BCUT2D eigenvalue weighted by molar-refractivity contribution is -0.125. The van der Waals surface area contributed by atoms with Crippen molar-refractivity contribution in [1.29, 1.82) is 0 Å². The van der Waals surface area contributed by atoms with E-state index in [9.17, 15) is 4.79 Å². The van der Waals surface area contributed by atoms with Crippen molar-refractivity contribution in [2.75, 3.05) is 11.1 Å². The van der Waals surface area contributed by atoms with Crippen LogP contribution >= 0.6 is 0 Å². The molecule has 0 saturated carbocycles. The Labute approximate surface area is 88.4 Å². The maximum absolute atomic E-state index is 11.7. The van der Waals surface area contributed by atoms with E-state index >= 15 is 0 Å². The summed E-state index contributed by atoms with van der Waals surface area (Å²) in [4.78, 5) is 11.7. The molecule has 1 atom stereocenters. The van der Waals surface area contributed by atoms with Crippen molar-refractivity contribution >= 4 is 17.3 Å². The summed E-state index contributed by atoms with van der Waals surface area (Å²) in [6.45, 7) is 3.89. The number of ether oxygens (including phenoxy) is 1. The normalized spacial score (nSPS) is 19.4. The number of carbonyl (C=O) groups excluding carboxylic acids is 1. The SMILES string of the molecule is CC(C)C1Oc2cccc(N)c2NC1=O. The number of hydrogen-bond donors (Lipinski definition) is 2. The van der Waals surface area contributed by atoms with Gasteiger partial charge < -0.3 is 15.8 Å². The Morgan fingerprint density at radius 3 is 2.87 bits per heavy atom. The highest BCUT2D eigenvalue weighted by molar-refractivity contribution is 6.00. The predicted octanol–water partition coefficient (Wildman–Crippen LogP) is 1.62. The largest absolute Gasteiger partial charge is 0.478 e. The molecule has 15 heavy (non-hydrogen) atoms. The van der Waals surface area contributed by atoms with E-state index in [0.717, 1.165) is 0 Å². The minimum atomic E-state index is -0.431. The van der Waals surface area contributed by atoms with E-state index in [0.29, 0.717) is 17.1 Å². The Hall–Kier alpha value is -1.71. The van der Waals surface area contributed by atoms with Crippen LogP contribution in [0, 0.1) is 5.92 Å². The van der Waals surface area contributed by atoms with Crippen molar-refractivity contribution < 1.29 is 9.53 Å². The summed E-state index contributed by atoms with van der Waals surface area (Å²) in [5.74, 6) is 0.656. The average Bonchev–Trinajstić information content (AvgIpc) is 2.18. The van der Waals surface area contributed by atoms with Gasteiger partial charge in [0.1, 0.15) is 11.4 Å². The fraction of sp³-hybridized carbons (Fsp3) is 0.364. The number of rotatable bonds is 1. The second-order valence-electron chi connectivity index (χ2n) is 3.99. The molecule has 4 heteroatoms. The van der Waals surface area contributed by atoms with Crippen LogP contribution in [-0.2, 0) is 4.79 Å². The maximum atomic E-state index is 11.7. The van der Waals surface area contributed by atoms with Gasteiger partial charge in [0.25, 0.3) is 5.91 Å². The van der Waals surface area contributed by atoms with Gasteiger partial charge in [0, 0.05) is 0 Å². The van der Waals surface area contributed by atoms with E-state index in [1.54, 1.807) is 12.1 Å². The molecular weight excluding hydrogens is 192 g/mol. The summed E-state index contributed by atoms with van der Waals surface area (Å²) in [5.41, 5.74) is 6.84. The molecular formula is C11H14N2O2. The number of anilines is 2. The molecule has 0 saturated heterocycles. The first-order valence-electron chi connectivity index (χ1n) is 4.95. The van der Waals surface area contributed by atoms with Crippen LogP contribution in [0.2, 0.25) is 0 Å². The number of nitrogens with two attached hydrogens (primary N) is 1. The molecule has 1 aromatic rings. The molecule has 0 fully saturated rings. The Morgan fingerprint density at radius 2 is 2.20 bits per heavy atom. The van der Waals surface area contributed by atoms with Gasteiger partial charge in [0.05, 0.1) is 5.69 Å². The monoisotopic (exact) mass is 206 g/mol. The first-order chi connectivity index (χ1) is 7.09. The van der Waals surface area contributed by atoms with Gasteiger partial charge in [0.15, 0.2) is 6.10 Å². The number of carbonyl (C=O) groups is 1. The van der Waals surface area contributed by atoms with Crippen molar-refractivity contribution in [3.63, 3.8) is 0 Å². The quantitative estimate of drug-likeness (QED) is 0.686. The molecule has 1 aliphatic heterocycles. The number of hydrogen-bond acceptors (Lipinski definition) is 3. The van der Waals surface area contributed by atoms with Crippen LogP contribution < -0.4 is 15.8 Å². The Morgan fingerprint density at radius 1 is 1.47 bits per heavy atom. The molecule has 1 aliphatic rings. The minimum Gasteiger partial charge on any atom is -0.478 e. The Bertz CT molecular complexity index is 402. The molecule has 4 nitrogen and oxygen atoms in total. The zero-order chi connectivity index (χ0) is 11.0. The molecule has 3 N–H and O–H groups in total. The molecule has 2 rings (SSSR count). The molecule has 0 spiro atoms. The second kappa shape index (κ2) is 3.46. The standard InChI is InChI=1S/C11H14N2O2/c1-6(2)10-11(14)13-9-7(12)4-3-5-8(9)15-10/h3-6,10H,12H2,1-2H3,(H,13,14). The van der Waals surface area contributed by atoms with Gasteiger partial charge in [-0.25, -0.2) is 0 Å². The van der Waals surface area contributed by atoms with E-state index in [-0.39, 0.29) is 11.8 Å². The van der Waals surface area contributed by atoms with Crippen LogP contribution in [0.1, 0.15) is 13.8 Å². The van der Waals surface area contributed by atoms with E-state index in [2.05, 4.69) is 5.32 Å². The Kier molecular flexibility index (Phi) is 2.26. The number of nitrogens with one attached hydrogen (secondary N) is 1. The van der Waals surface area contributed by atoms with Gasteiger partial charge in [-0.3, -0.25) is 4.79 Å². The number of nitrogen functional groups attached to an aromatic ring is 1. The van der Waals surface area contributed by atoms with Gasteiger partial charge in [-0.05, 0) is 18.1 Å². The highest BCUT2D eigenvalue weighted by Crippen LogP contribution is 2.35. The van der Waals surface area contributed by atoms with Gasteiger partial charge in [-0.15, -0.1) is 0 Å². The number of para-hydroxylation sites is 1. The average molecular weight is 206 g/mol. The summed E-state index contributed by atoms with van der Waals surface area (Å²) in [6.07, 6.45) is -0.431. The smallest absolute Gasteiger partial charge is 0.265 e. The highest BCUT2D eigenvalue weighted by Gasteiger charge is 2.30. The van der Waals surface area contributed by atoms with Gasteiger partial charge in [-0.2, -0.15) is 0 Å². The fourth-order valence-corrected chi connectivity index (χ4v) is 1.60. The lowest BCUT2D eigenvalue weighted by atomic mass is 10.0. The van der Waals surface area contributed by atoms with Crippen LogP contribution in [0.3, 0.4) is 0 Å². The van der Waals surface area contributed by atoms with Crippen LogP contribution in [0.25, 0.3) is 0 Å². The number of amides is 1. The molecule has 0 radical (unpaired) electrons. The highest BCUT2D eigenvalue weighted by atomic mass is 16.5. The molecule has 0 bridgehead atoms.